The average molecular weight is 385 g/mol. The number of amides is 1. The molecule has 0 radical (unpaired) electrons. The van der Waals surface area contributed by atoms with Crippen molar-refractivity contribution >= 4 is 29.4 Å². The largest absolute Gasteiger partial charge is 0.493 e. The summed E-state index contributed by atoms with van der Waals surface area (Å²) in [5.74, 6) is -0.703. The Morgan fingerprint density at radius 2 is 1.89 bits per heavy atom. The van der Waals surface area contributed by atoms with E-state index >= 15 is 0 Å². The molecule has 6 nitrogen and oxygen atoms in total. The molecule has 0 aliphatic carbocycles. The fraction of sp³-hybridized carbons (Fsp3) is 0.250. The number of rotatable bonds is 8. The van der Waals surface area contributed by atoms with Crippen molar-refractivity contribution in [3.63, 3.8) is 0 Å². The highest BCUT2D eigenvalue weighted by atomic mass is 32.2. The van der Waals surface area contributed by atoms with Crippen molar-refractivity contribution < 1.29 is 24.2 Å². The molecule has 140 valence electrons. The number of hydrogen-bond donors (Lipinski definition) is 2. The summed E-state index contributed by atoms with van der Waals surface area (Å²) in [5, 5.41) is 12.0. The molecule has 0 fully saturated rings. The second-order valence-electron chi connectivity index (χ2n) is 6.09. The molecule has 1 unspecified atom stereocenters. The third-order valence-corrected chi connectivity index (χ3v) is 5.09. The molecule has 2 aromatic carbocycles. The van der Waals surface area contributed by atoms with Crippen LogP contribution in [-0.4, -0.2) is 40.9 Å². The van der Waals surface area contributed by atoms with E-state index in [0.29, 0.717) is 17.7 Å². The summed E-state index contributed by atoms with van der Waals surface area (Å²) in [4.78, 5) is 35.8. The first-order valence-corrected chi connectivity index (χ1v) is 9.64. The van der Waals surface area contributed by atoms with Gasteiger partial charge in [0, 0.05) is 12.0 Å². The number of ether oxygens (including phenoxy) is 1. The Morgan fingerprint density at radius 1 is 1.11 bits per heavy atom. The minimum Gasteiger partial charge on any atom is -0.493 e. The second kappa shape index (κ2) is 8.73. The van der Waals surface area contributed by atoms with Crippen molar-refractivity contribution in [1.82, 2.24) is 5.32 Å². The van der Waals surface area contributed by atoms with E-state index in [2.05, 4.69) is 5.32 Å². The van der Waals surface area contributed by atoms with E-state index < -0.39 is 17.9 Å². The number of carbonyl (C=O) groups is 3. The van der Waals surface area contributed by atoms with Crippen LogP contribution in [0.5, 0.6) is 5.75 Å². The van der Waals surface area contributed by atoms with Crippen molar-refractivity contribution in [3.05, 3.63) is 65.2 Å². The second-order valence-corrected chi connectivity index (χ2v) is 7.07. The van der Waals surface area contributed by atoms with Gasteiger partial charge in [0.1, 0.15) is 5.75 Å². The molecule has 1 heterocycles. The Morgan fingerprint density at radius 3 is 2.63 bits per heavy atom. The minimum atomic E-state index is -1.13. The van der Waals surface area contributed by atoms with Gasteiger partial charge in [0.2, 0.25) is 5.91 Å². The lowest BCUT2D eigenvalue weighted by molar-refractivity contribution is -0.141. The van der Waals surface area contributed by atoms with Crippen LogP contribution in [0.2, 0.25) is 0 Å². The Kier molecular flexibility index (Phi) is 6.13. The summed E-state index contributed by atoms with van der Waals surface area (Å²) in [7, 11) is 0. The van der Waals surface area contributed by atoms with Crippen LogP contribution in [0.4, 0.5) is 0 Å². The van der Waals surface area contributed by atoms with Crippen LogP contribution in [0.15, 0.2) is 48.5 Å². The van der Waals surface area contributed by atoms with E-state index in [1.165, 1.54) is 0 Å². The summed E-state index contributed by atoms with van der Waals surface area (Å²) in [6.45, 7) is 0.578. The first-order valence-electron chi connectivity index (χ1n) is 8.48. The quantitative estimate of drug-likeness (QED) is 0.678. The van der Waals surface area contributed by atoms with Gasteiger partial charge in [-0.2, -0.15) is 0 Å². The van der Waals surface area contributed by atoms with Gasteiger partial charge in [-0.15, -0.1) is 11.8 Å². The zero-order chi connectivity index (χ0) is 19.2. The SMILES string of the molecule is O=C(CSCC(=O)c1ccccc1)NC(C(=O)O)c1ccc2c(c1)CCO2. The summed E-state index contributed by atoms with van der Waals surface area (Å²) in [6, 6.07) is 12.8. The number of fused-ring (bicyclic) bond motifs is 1. The van der Waals surface area contributed by atoms with Crippen molar-refractivity contribution in [2.24, 2.45) is 0 Å². The van der Waals surface area contributed by atoms with Crippen LogP contribution in [0.25, 0.3) is 0 Å². The lowest BCUT2D eigenvalue weighted by Gasteiger charge is -2.15. The van der Waals surface area contributed by atoms with Gasteiger partial charge in [0.15, 0.2) is 11.8 Å². The molecular formula is C20H19NO5S. The Balaban J connectivity index is 1.55. The minimum absolute atomic E-state index is 0.0103. The third-order valence-electron chi connectivity index (χ3n) is 4.16. The van der Waals surface area contributed by atoms with Crippen LogP contribution in [0.1, 0.15) is 27.5 Å². The molecule has 0 aromatic heterocycles. The highest BCUT2D eigenvalue weighted by Gasteiger charge is 2.24. The van der Waals surface area contributed by atoms with E-state index in [1.54, 1.807) is 42.5 Å². The third kappa shape index (κ3) is 4.89. The van der Waals surface area contributed by atoms with Crippen molar-refractivity contribution in [1.29, 1.82) is 0 Å². The molecule has 0 saturated carbocycles. The maximum Gasteiger partial charge on any atom is 0.330 e. The maximum absolute atomic E-state index is 12.2. The van der Waals surface area contributed by atoms with Crippen LogP contribution in [0.3, 0.4) is 0 Å². The van der Waals surface area contributed by atoms with E-state index in [-0.39, 0.29) is 17.3 Å². The van der Waals surface area contributed by atoms with Crippen LogP contribution < -0.4 is 10.1 Å². The lowest BCUT2D eigenvalue weighted by Crippen LogP contribution is -2.35. The Bertz CT molecular complexity index is 853. The molecule has 3 rings (SSSR count). The number of hydrogen-bond acceptors (Lipinski definition) is 5. The van der Waals surface area contributed by atoms with Gasteiger partial charge < -0.3 is 15.2 Å². The zero-order valence-electron chi connectivity index (χ0n) is 14.5. The molecular weight excluding hydrogens is 366 g/mol. The molecule has 1 atom stereocenters. The smallest absolute Gasteiger partial charge is 0.330 e. The van der Waals surface area contributed by atoms with E-state index in [4.69, 9.17) is 4.74 Å². The van der Waals surface area contributed by atoms with E-state index in [0.717, 1.165) is 29.5 Å². The molecule has 1 aliphatic rings. The van der Waals surface area contributed by atoms with Gasteiger partial charge in [-0.3, -0.25) is 9.59 Å². The van der Waals surface area contributed by atoms with E-state index in [1.807, 2.05) is 6.07 Å². The number of carboxylic acids is 1. The number of nitrogens with one attached hydrogen (secondary N) is 1. The van der Waals surface area contributed by atoms with Crippen molar-refractivity contribution in [3.8, 4) is 5.75 Å². The molecule has 1 amide bonds. The molecule has 2 N–H and O–H groups in total. The number of thioether (sulfide) groups is 1. The van der Waals surface area contributed by atoms with Gasteiger partial charge in [0.25, 0.3) is 0 Å². The van der Waals surface area contributed by atoms with Gasteiger partial charge >= 0.3 is 5.97 Å². The highest BCUT2D eigenvalue weighted by Crippen LogP contribution is 2.28. The normalized spacial score (nSPS) is 13.3. The lowest BCUT2D eigenvalue weighted by atomic mass is 10.0. The van der Waals surface area contributed by atoms with Gasteiger partial charge in [-0.25, -0.2) is 4.79 Å². The van der Waals surface area contributed by atoms with Crippen molar-refractivity contribution in [2.75, 3.05) is 18.1 Å². The highest BCUT2D eigenvalue weighted by molar-refractivity contribution is 8.00. The van der Waals surface area contributed by atoms with E-state index in [9.17, 15) is 19.5 Å². The number of ketones is 1. The van der Waals surface area contributed by atoms with Gasteiger partial charge in [-0.1, -0.05) is 36.4 Å². The van der Waals surface area contributed by atoms with Crippen LogP contribution >= 0.6 is 11.8 Å². The van der Waals surface area contributed by atoms with Crippen molar-refractivity contribution in [2.45, 2.75) is 12.5 Å². The van der Waals surface area contributed by atoms with Gasteiger partial charge in [-0.05, 0) is 23.3 Å². The number of benzene rings is 2. The summed E-state index contributed by atoms with van der Waals surface area (Å²) < 4.78 is 5.42. The number of carbonyl (C=O) groups excluding carboxylic acids is 2. The maximum atomic E-state index is 12.2. The average Bonchev–Trinajstić information content (AvgIpc) is 3.14. The number of aliphatic carboxylic acids is 1. The number of carboxylic acid groups (broad SMARTS) is 1. The topological polar surface area (TPSA) is 92.7 Å². The molecule has 2 aromatic rings. The summed E-state index contributed by atoms with van der Waals surface area (Å²) in [5.41, 5.74) is 2.04. The monoisotopic (exact) mass is 385 g/mol. The summed E-state index contributed by atoms with van der Waals surface area (Å²) >= 11 is 1.16. The zero-order valence-corrected chi connectivity index (χ0v) is 15.3. The standard InChI is InChI=1S/C20H19NO5S/c22-16(13-4-2-1-3-5-13)11-27-12-18(23)21-19(20(24)25)15-6-7-17-14(10-15)8-9-26-17/h1-7,10,19H,8-9,11-12H2,(H,21,23)(H,24,25). The first-order chi connectivity index (χ1) is 13.0. The Hall–Kier alpha value is -2.80. The van der Waals surface area contributed by atoms with Gasteiger partial charge in [0.05, 0.1) is 18.1 Å². The molecule has 0 spiro atoms. The molecule has 7 heteroatoms. The number of Topliss-reactive ketones (excluding diaryl/α,β-unsaturated/α-hetero) is 1. The fourth-order valence-electron chi connectivity index (χ4n) is 2.82. The predicted octanol–water partition coefficient (Wildman–Crippen LogP) is 2.48. The molecule has 1 aliphatic heterocycles. The fourth-order valence-corrected chi connectivity index (χ4v) is 3.54. The molecule has 27 heavy (non-hydrogen) atoms. The predicted molar refractivity (Wildman–Crippen MR) is 102 cm³/mol. The van der Waals surface area contributed by atoms with Crippen LogP contribution in [0, 0.1) is 0 Å². The first kappa shape index (κ1) is 19.0. The van der Waals surface area contributed by atoms with Crippen LogP contribution in [-0.2, 0) is 16.0 Å². The molecule has 0 saturated heterocycles. The summed E-state index contributed by atoms with van der Waals surface area (Å²) in [6.07, 6.45) is 0.723. The molecule has 0 bridgehead atoms. The Labute approximate surface area is 160 Å².